The summed E-state index contributed by atoms with van der Waals surface area (Å²) in [6.45, 7) is 0. The van der Waals surface area contributed by atoms with Gasteiger partial charge in [-0.05, 0) is 6.20 Å². The van der Waals surface area contributed by atoms with Crippen LogP contribution in [0.2, 0.25) is 0 Å². The van der Waals surface area contributed by atoms with E-state index in [1.165, 1.54) is 0 Å². The smallest absolute Gasteiger partial charge is 0.0248 e. The summed E-state index contributed by atoms with van der Waals surface area (Å²) in [5.41, 5.74) is 1.97. The van der Waals surface area contributed by atoms with Gasteiger partial charge in [-0.1, -0.05) is 23.8 Å². The number of pyridine rings is 2. The Morgan fingerprint density at radius 1 is 1.00 bits per heavy atom. The van der Waals surface area contributed by atoms with Crippen molar-refractivity contribution in [3.05, 3.63) is 61.2 Å². The molecule has 2 nitrogen and oxygen atoms in total. The van der Waals surface area contributed by atoms with Gasteiger partial charge < -0.3 is 4.98 Å². The molecule has 0 N–H and O–H groups in total. The van der Waals surface area contributed by atoms with Crippen molar-refractivity contribution in [2.45, 2.75) is 0 Å². The second-order valence-corrected chi connectivity index (χ2v) is 3.51. The quantitative estimate of drug-likeness (QED) is 0.645. The minimum absolute atomic E-state index is 0. The molecule has 0 saturated heterocycles. The third kappa shape index (κ3) is 2.59. The number of aromatic nitrogens is 2. The summed E-state index contributed by atoms with van der Waals surface area (Å²) in [5.74, 6) is 0. The van der Waals surface area contributed by atoms with Gasteiger partial charge in [0.05, 0.1) is 0 Å². The molecule has 3 rings (SSSR count). The monoisotopic (exact) mass is 293 g/mol. The summed E-state index contributed by atoms with van der Waals surface area (Å²) in [7, 11) is 0. The van der Waals surface area contributed by atoms with Crippen LogP contribution in [0.3, 0.4) is 0 Å². The fourth-order valence-electron chi connectivity index (χ4n) is 1.65. The van der Waals surface area contributed by atoms with Crippen molar-refractivity contribution < 1.29 is 32.7 Å². The molecule has 0 fully saturated rings. The largest absolute Gasteiger partial charge is 0.371 e. The van der Waals surface area contributed by atoms with Crippen molar-refractivity contribution in [3.63, 3.8) is 0 Å². The van der Waals surface area contributed by atoms with Crippen molar-refractivity contribution in [2.75, 3.05) is 0 Å². The average Bonchev–Trinajstić information content (AvgIpc) is 2.39. The van der Waals surface area contributed by atoms with E-state index in [-0.39, 0.29) is 32.7 Å². The standard InChI is InChI=1S/C14H8N2.Y/c1-2-13(9-15-6-1)11-3-4-14-10-16-7-5-12(14)8-11;/h1-2,4-8,10H;/q-2;. The zero-order chi connectivity index (χ0) is 10.8. The van der Waals surface area contributed by atoms with E-state index >= 15 is 0 Å². The van der Waals surface area contributed by atoms with Crippen LogP contribution in [0.5, 0.6) is 0 Å². The van der Waals surface area contributed by atoms with Crippen molar-refractivity contribution in [1.82, 2.24) is 9.97 Å². The fourth-order valence-corrected chi connectivity index (χ4v) is 1.65. The Balaban J connectivity index is 0.00000108. The van der Waals surface area contributed by atoms with Gasteiger partial charge in [0.2, 0.25) is 0 Å². The van der Waals surface area contributed by atoms with E-state index < -0.39 is 0 Å². The predicted octanol–water partition coefficient (Wildman–Crippen LogP) is 2.89. The Morgan fingerprint density at radius 3 is 2.76 bits per heavy atom. The van der Waals surface area contributed by atoms with Gasteiger partial charge in [-0.15, -0.1) is 17.5 Å². The van der Waals surface area contributed by atoms with Crippen LogP contribution in [0.4, 0.5) is 0 Å². The van der Waals surface area contributed by atoms with Crippen molar-refractivity contribution in [1.29, 1.82) is 0 Å². The maximum Gasteiger partial charge on any atom is 0.0248 e. The van der Waals surface area contributed by atoms with Crippen LogP contribution in [0.25, 0.3) is 21.9 Å². The first kappa shape index (κ1) is 12.3. The number of benzene rings is 1. The maximum absolute atomic E-state index is 4.08. The van der Waals surface area contributed by atoms with Gasteiger partial charge in [-0.3, -0.25) is 4.98 Å². The summed E-state index contributed by atoms with van der Waals surface area (Å²) >= 11 is 0. The molecule has 0 aliphatic carbocycles. The second-order valence-electron chi connectivity index (χ2n) is 3.51. The van der Waals surface area contributed by atoms with E-state index in [0.29, 0.717) is 0 Å². The maximum atomic E-state index is 4.08. The first-order valence-corrected chi connectivity index (χ1v) is 5.02. The van der Waals surface area contributed by atoms with E-state index in [1.54, 1.807) is 12.4 Å². The Morgan fingerprint density at radius 2 is 1.94 bits per heavy atom. The van der Waals surface area contributed by atoms with Crippen LogP contribution in [0.1, 0.15) is 0 Å². The minimum atomic E-state index is 0. The summed E-state index contributed by atoms with van der Waals surface area (Å²) < 4.78 is 0. The van der Waals surface area contributed by atoms with Crippen LogP contribution >= 0.6 is 0 Å². The van der Waals surface area contributed by atoms with Gasteiger partial charge in [0, 0.05) is 38.9 Å². The molecular formula is C14H8N2Y-2. The Bertz CT molecular complexity index is 623. The van der Waals surface area contributed by atoms with Gasteiger partial charge in [-0.2, -0.15) is 18.2 Å². The van der Waals surface area contributed by atoms with E-state index in [2.05, 4.69) is 28.3 Å². The fraction of sp³-hybridized carbons (Fsp3) is 0. The van der Waals surface area contributed by atoms with Crippen molar-refractivity contribution in [2.24, 2.45) is 0 Å². The van der Waals surface area contributed by atoms with Gasteiger partial charge in [0.15, 0.2) is 0 Å². The van der Waals surface area contributed by atoms with Gasteiger partial charge in [-0.25, -0.2) is 11.1 Å². The molecule has 0 bridgehead atoms. The predicted molar refractivity (Wildman–Crippen MR) is 62.6 cm³/mol. The Labute approximate surface area is 125 Å². The molecule has 0 amide bonds. The molecule has 0 aliphatic heterocycles. The van der Waals surface area contributed by atoms with Crippen LogP contribution in [-0.2, 0) is 32.7 Å². The van der Waals surface area contributed by atoms with Crippen molar-refractivity contribution >= 4 is 10.8 Å². The van der Waals surface area contributed by atoms with E-state index in [0.717, 1.165) is 21.9 Å². The molecule has 0 aliphatic rings. The molecule has 0 unspecified atom stereocenters. The number of hydrogen-bond acceptors (Lipinski definition) is 2. The topological polar surface area (TPSA) is 25.8 Å². The van der Waals surface area contributed by atoms with Gasteiger partial charge in [0.25, 0.3) is 0 Å². The summed E-state index contributed by atoms with van der Waals surface area (Å²) in [5, 5.41) is 2.25. The molecule has 2 aromatic heterocycles. The minimum Gasteiger partial charge on any atom is -0.371 e. The van der Waals surface area contributed by atoms with Gasteiger partial charge in [0.1, 0.15) is 0 Å². The van der Waals surface area contributed by atoms with Gasteiger partial charge >= 0.3 is 0 Å². The van der Waals surface area contributed by atoms with E-state index in [1.807, 2.05) is 30.5 Å². The zero-order valence-electron chi connectivity index (χ0n) is 9.09. The molecule has 0 atom stereocenters. The number of nitrogens with zero attached hydrogens (tertiary/aromatic N) is 2. The molecule has 3 heteroatoms. The third-order valence-electron chi connectivity index (χ3n) is 2.47. The molecule has 1 aromatic carbocycles. The molecule has 17 heavy (non-hydrogen) atoms. The second kappa shape index (κ2) is 5.48. The Hall–Kier alpha value is -1.12. The molecule has 2 heterocycles. The van der Waals surface area contributed by atoms with Crippen LogP contribution in [-0.4, -0.2) is 9.97 Å². The van der Waals surface area contributed by atoms with Crippen molar-refractivity contribution in [3.8, 4) is 11.1 Å². The summed E-state index contributed by atoms with van der Waals surface area (Å²) in [6.07, 6.45) is 8.30. The molecular weight excluding hydrogens is 285 g/mol. The van der Waals surface area contributed by atoms with E-state index in [9.17, 15) is 0 Å². The molecule has 0 saturated carbocycles. The molecule has 1 radical (unpaired) electrons. The summed E-state index contributed by atoms with van der Waals surface area (Å²) in [4.78, 5) is 8.06. The molecule has 0 spiro atoms. The van der Waals surface area contributed by atoms with Crippen LogP contribution < -0.4 is 0 Å². The average molecular weight is 293 g/mol. The number of hydrogen-bond donors (Lipinski definition) is 0. The van der Waals surface area contributed by atoms with Crippen LogP contribution in [0, 0.1) is 12.3 Å². The normalized spacial score (nSPS) is 9.88. The molecule has 3 aromatic rings. The number of fused-ring (bicyclic) bond motifs is 1. The SMILES string of the molecule is [Y].[c-]1ncccc1-c1[c-]cc2cnccc2c1. The first-order chi connectivity index (χ1) is 7.93. The Kier molecular flexibility index (Phi) is 3.98. The number of rotatable bonds is 1. The zero-order valence-corrected chi connectivity index (χ0v) is 11.9. The summed E-state index contributed by atoms with van der Waals surface area (Å²) in [6, 6.07) is 13.1. The third-order valence-corrected chi connectivity index (χ3v) is 2.47. The van der Waals surface area contributed by atoms with E-state index in [4.69, 9.17) is 0 Å². The molecule has 79 valence electrons. The first-order valence-electron chi connectivity index (χ1n) is 5.02. The van der Waals surface area contributed by atoms with Crippen LogP contribution in [0.15, 0.2) is 48.9 Å².